The number of rotatable bonds is 4. The Kier molecular flexibility index (Phi) is 5.65. The van der Waals surface area contributed by atoms with Gasteiger partial charge in [-0.05, 0) is 36.5 Å². The van der Waals surface area contributed by atoms with E-state index in [1.165, 1.54) is 12.5 Å². The first-order valence-electron chi connectivity index (χ1n) is 8.55. The van der Waals surface area contributed by atoms with Crippen LogP contribution in [-0.4, -0.2) is 50.3 Å². The van der Waals surface area contributed by atoms with Crippen molar-refractivity contribution in [3.8, 4) is 5.75 Å². The fraction of sp³-hybridized carbons (Fsp3) is 0.611. The van der Waals surface area contributed by atoms with E-state index in [0.717, 1.165) is 52.2 Å². The minimum absolute atomic E-state index is 0.271. The van der Waals surface area contributed by atoms with Crippen molar-refractivity contribution >= 4 is 5.97 Å². The largest absolute Gasteiger partial charge is 0.427 e. The van der Waals surface area contributed by atoms with E-state index in [9.17, 15) is 4.79 Å². The number of hydrogen-bond acceptors (Lipinski definition) is 5. The smallest absolute Gasteiger partial charge is 0.308 e. The van der Waals surface area contributed by atoms with Gasteiger partial charge in [0.25, 0.3) is 0 Å². The van der Waals surface area contributed by atoms with Crippen molar-refractivity contribution in [2.24, 2.45) is 5.92 Å². The van der Waals surface area contributed by atoms with Crippen molar-refractivity contribution < 1.29 is 14.3 Å². The number of ether oxygens (including phenoxy) is 2. The molecule has 1 aromatic rings. The summed E-state index contributed by atoms with van der Waals surface area (Å²) in [6.45, 7) is 7.30. The molecular formula is C18H26N2O3. The second kappa shape index (κ2) is 7.90. The first-order valence-corrected chi connectivity index (χ1v) is 8.55. The Bertz CT molecular complexity index is 505. The molecule has 2 aliphatic heterocycles. The highest BCUT2D eigenvalue weighted by atomic mass is 16.5. The van der Waals surface area contributed by atoms with Crippen LogP contribution in [0, 0.1) is 5.92 Å². The molecular weight excluding hydrogens is 292 g/mol. The number of benzene rings is 1. The summed E-state index contributed by atoms with van der Waals surface area (Å²) in [6.07, 6.45) is 2.18. The summed E-state index contributed by atoms with van der Waals surface area (Å²) in [5.41, 5.74) is 1.25. The molecule has 5 heteroatoms. The van der Waals surface area contributed by atoms with Crippen LogP contribution in [0.15, 0.2) is 24.3 Å². The van der Waals surface area contributed by atoms with E-state index >= 15 is 0 Å². The van der Waals surface area contributed by atoms with Crippen LogP contribution >= 0.6 is 0 Å². The average molecular weight is 318 g/mol. The van der Waals surface area contributed by atoms with E-state index in [2.05, 4.69) is 16.3 Å². The van der Waals surface area contributed by atoms with Gasteiger partial charge in [0.1, 0.15) is 5.75 Å². The van der Waals surface area contributed by atoms with Crippen LogP contribution in [0.5, 0.6) is 5.75 Å². The molecule has 2 aliphatic rings. The molecule has 1 atom stereocenters. The normalized spacial score (nSPS) is 21.8. The first kappa shape index (κ1) is 16.4. The summed E-state index contributed by atoms with van der Waals surface area (Å²) in [5, 5.41) is 3.43. The molecule has 2 fully saturated rings. The van der Waals surface area contributed by atoms with Gasteiger partial charge in [-0.15, -0.1) is 0 Å². The van der Waals surface area contributed by atoms with Crippen LogP contribution in [0.2, 0.25) is 0 Å². The van der Waals surface area contributed by atoms with Gasteiger partial charge < -0.3 is 14.8 Å². The number of nitrogens with zero attached hydrogens (tertiary/aromatic N) is 1. The lowest BCUT2D eigenvalue weighted by molar-refractivity contribution is -0.131. The van der Waals surface area contributed by atoms with Gasteiger partial charge >= 0.3 is 5.97 Å². The lowest BCUT2D eigenvalue weighted by atomic mass is 9.85. The summed E-state index contributed by atoms with van der Waals surface area (Å²) in [5.74, 6) is 0.962. The molecule has 0 unspecified atom stereocenters. The molecule has 0 saturated carbocycles. The molecule has 0 radical (unpaired) electrons. The number of hydrogen-bond donors (Lipinski definition) is 1. The predicted octanol–water partition coefficient (Wildman–Crippen LogP) is 1.98. The molecule has 0 aliphatic carbocycles. The Morgan fingerprint density at radius 1 is 1.30 bits per heavy atom. The van der Waals surface area contributed by atoms with Crippen LogP contribution in [0.1, 0.15) is 31.4 Å². The minimum Gasteiger partial charge on any atom is -0.427 e. The van der Waals surface area contributed by atoms with Crippen LogP contribution in [0.25, 0.3) is 0 Å². The third-order valence-corrected chi connectivity index (χ3v) is 4.72. The zero-order valence-corrected chi connectivity index (χ0v) is 13.8. The van der Waals surface area contributed by atoms with Crippen molar-refractivity contribution in [3.05, 3.63) is 29.8 Å². The Balaban J connectivity index is 1.85. The molecule has 23 heavy (non-hydrogen) atoms. The Labute approximate surface area is 137 Å². The summed E-state index contributed by atoms with van der Waals surface area (Å²) >= 11 is 0. The van der Waals surface area contributed by atoms with Gasteiger partial charge in [0, 0.05) is 52.4 Å². The van der Waals surface area contributed by atoms with Crippen molar-refractivity contribution in [2.75, 3.05) is 39.4 Å². The SMILES string of the molecule is CC(=O)Oc1cccc([C@@H](C2CCOCC2)N2CCNCC2)c1. The quantitative estimate of drug-likeness (QED) is 0.679. The summed E-state index contributed by atoms with van der Waals surface area (Å²) in [7, 11) is 0. The molecule has 0 aromatic heterocycles. The molecule has 0 bridgehead atoms. The minimum atomic E-state index is -0.271. The maximum absolute atomic E-state index is 11.2. The third-order valence-electron chi connectivity index (χ3n) is 4.72. The maximum atomic E-state index is 11.2. The number of carbonyl (C=O) groups is 1. The number of nitrogens with one attached hydrogen (secondary N) is 1. The molecule has 0 spiro atoms. The monoisotopic (exact) mass is 318 g/mol. The van der Waals surface area contributed by atoms with Crippen molar-refractivity contribution in [2.45, 2.75) is 25.8 Å². The van der Waals surface area contributed by atoms with E-state index in [0.29, 0.717) is 17.7 Å². The van der Waals surface area contributed by atoms with Gasteiger partial charge in [-0.3, -0.25) is 9.69 Å². The van der Waals surface area contributed by atoms with Crippen LogP contribution in [0.4, 0.5) is 0 Å². The van der Waals surface area contributed by atoms with Crippen molar-refractivity contribution in [1.29, 1.82) is 0 Å². The second-order valence-corrected chi connectivity index (χ2v) is 6.35. The molecule has 1 aromatic carbocycles. The number of carbonyl (C=O) groups excluding carboxylic acids is 1. The topological polar surface area (TPSA) is 50.8 Å². The van der Waals surface area contributed by atoms with Crippen molar-refractivity contribution in [3.63, 3.8) is 0 Å². The van der Waals surface area contributed by atoms with Crippen LogP contribution < -0.4 is 10.1 Å². The fourth-order valence-corrected chi connectivity index (χ4v) is 3.70. The lowest BCUT2D eigenvalue weighted by Gasteiger charge is -2.41. The van der Waals surface area contributed by atoms with Crippen LogP contribution in [0.3, 0.4) is 0 Å². The highest BCUT2D eigenvalue weighted by molar-refractivity contribution is 5.69. The van der Waals surface area contributed by atoms with Gasteiger partial charge in [-0.2, -0.15) is 0 Å². The summed E-state index contributed by atoms with van der Waals surface area (Å²) < 4.78 is 10.8. The Hall–Kier alpha value is -1.43. The lowest BCUT2D eigenvalue weighted by Crippen LogP contribution is -2.47. The molecule has 1 N–H and O–H groups in total. The molecule has 0 amide bonds. The highest BCUT2D eigenvalue weighted by Gasteiger charge is 2.31. The van der Waals surface area contributed by atoms with E-state index in [4.69, 9.17) is 9.47 Å². The molecule has 5 nitrogen and oxygen atoms in total. The standard InChI is InChI=1S/C18H26N2O3/c1-14(21)23-17-4-2-3-16(13-17)18(15-5-11-22-12-6-15)20-9-7-19-8-10-20/h2-4,13,15,18-19H,5-12H2,1H3/t18-/m1/s1. The fourth-order valence-electron chi connectivity index (χ4n) is 3.70. The van der Waals surface area contributed by atoms with E-state index in [-0.39, 0.29) is 5.97 Å². The van der Waals surface area contributed by atoms with Gasteiger partial charge in [0.15, 0.2) is 0 Å². The van der Waals surface area contributed by atoms with Crippen molar-refractivity contribution in [1.82, 2.24) is 10.2 Å². The zero-order valence-electron chi connectivity index (χ0n) is 13.8. The zero-order chi connectivity index (χ0) is 16.1. The summed E-state index contributed by atoms with van der Waals surface area (Å²) in [4.78, 5) is 13.8. The molecule has 2 heterocycles. The number of piperazine rings is 1. The predicted molar refractivity (Wildman–Crippen MR) is 88.5 cm³/mol. The molecule has 3 rings (SSSR count). The Morgan fingerprint density at radius 3 is 2.74 bits per heavy atom. The van der Waals surface area contributed by atoms with E-state index in [1.807, 2.05) is 18.2 Å². The van der Waals surface area contributed by atoms with E-state index < -0.39 is 0 Å². The van der Waals surface area contributed by atoms with Gasteiger partial charge in [-0.25, -0.2) is 0 Å². The van der Waals surface area contributed by atoms with Gasteiger partial charge in [0.05, 0.1) is 0 Å². The number of esters is 1. The molecule has 126 valence electrons. The van der Waals surface area contributed by atoms with Crippen LogP contribution in [-0.2, 0) is 9.53 Å². The third kappa shape index (κ3) is 4.31. The summed E-state index contributed by atoms with van der Waals surface area (Å²) in [6, 6.07) is 8.40. The average Bonchev–Trinajstić information content (AvgIpc) is 2.57. The molecule has 2 saturated heterocycles. The Morgan fingerprint density at radius 2 is 2.04 bits per heavy atom. The van der Waals surface area contributed by atoms with E-state index in [1.54, 1.807) is 0 Å². The van der Waals surface area contributed by atoms with Gasteiger partial charge in [-0.1, -0.05) is 12.1 Å². The highest BCUT2D eigenvalue weighted by Crippen LogP contribution is 2.36. The van der Waals surface area contributed by atoms with Gasteiger partial charge in [0.2, 0.25) is 0 Å². The maximum Gasteiger partial charge on any atom is 0.308 e. The second-order valence-electron chi connectivity index (χ2n) is 6.35. The first-order chi connectivity index (χ1) is 11.2.